The fourth-order valence-electron chi connectivity index (χ4n) is 5.38. The monoisotopic (exact) mass is 497 g/mol. The Balaban J connectivity index is 1.39. The number of hydrogen-bond donors (Lipinski definition) is 0. The second kappa shape index (κ2) is 9.45. The summed E-state index contributed by atoms with van der Waals surface area (Å²) in [5.74, 6) is 0. The normalized spacial score (nSPS) is 11.1. The zero-order chi connectivity index (χ0) is 26.2. The minimum atomic E-state index is 0.562. The van der Waals surface area contributed by atoms with E-state index in [1.54, 1.807) is 12.4 Å². The SMILES string of the molecule is N#Cc1cncc(-c2ccc(-c3ccc4c(c3)c3cc(-c5ccccc5)ccc3n4-c3ccccc3)cc2)c1. The Labute approximate surface area is 226 Å². The highest BCUT2D eigenvalue weighted by atomic mass is 15.0. The molecule has 0 spiro atoms. The fourth-order valence-corrected chi connectivity index (χ4v) is 5.38. The van der Waals surface area contributed by atoms with Gasteiger partial charge in [0, 0.05) is 34.4 Å². The number of fused-ring (bicyclic) bond motifs is 3. The number of benzene rings is 5. The molecule has 5 aromatic carbocycles. The van der Waals surface area contributed by atoms with E-state index < -0.39 is 0 Å². The molecule has 0 unspecified atom stereocenters. The van der Waals surface area contributed by atoms with Crippen LogP contribution in [0.15, 0.2) is 140 Å². The van der Waals surface area contributed by atoms with E-state index in [2.05, 4.69) is 137 Å². The maximum atomic E-state index is 9.23. The summed E-state index contributed by atoms with van der Waals surface area (Å²) in [6, 6.07) is 47.1. The molecule has 182 valence electrons. The van der Waals surface area contributed by atoms with Gasteiger partial charge in [0.1, 0.15) is 6.07 Å². The number of nitrogens with zero attached hydrogens (tertiary/aromatic N) is 3. The Morgan fingerprint density at radius 3 is 1.59 bits per heavy atom. The molecule has 0 saturated heterocycles. The summed E-state index contributed by atoms with van der Waals surface area (Å²) in [4.78, 5) is 4.21. The van der Waals surface area contributed by atoms with Gasteiger partial charge in [-0.05, 0) is 70.3 Å². The van der Waals surface area contributed by atoms with Crippen LogP contribution >= 0.6 is 0 Å². The molecule has 2 aromatic heterocycles. The van der Waals surface area contributed by atoms with Gasteiger partial charge in [0.05, 0.1) is 16.6 Å². The summed E-state index contributed by atoms with van der Waals surface area (Å²) in [5, 5.41) is 11.7. The molecule has 0 radical (unpaired) electrons. The number of aromatic nitrogens is 2. The van der Waals surface area contributed by atoms with Crippen molar-refractivity contribution in [1.82, 2.24) is 9.55 Å². The van der Waals surface area contributed by atoms with Gasteiger partial charge in [-0.3, -0.25) is 4.98 Å². The summed E-state index contributed by atoms with van der Waals surface area (Å²) in [7, 11) is 0. The maximum Gasteiger partial charge on any atom is 0.101 e. The first kappa shape index (κ1) is 22.7. The van der Waals surface area contributed by atoms with E-state index in [1.807, 2.05) is 6.07 Å². The molecule has 7 aromatic rings. The number of para-hydroxylation sites is 1. The highest BCUT2D eigenvalue weighted by Crippen LogP contribution is 2.37. The lowest BCUT2D eigenvalue weighted by Gasteiger charge is -2.09. The molecule has 3 nitrogen and oxygen atoms in total. The Bertz CT molecular complexity index is 2000. The molecule has 39 heavy (non-hydrogen) atoms. The molecule has 3 heteroatoms. The van der Waals surface area contributed by atoms with Gasteiger partial charge >= 0.3 is 0 Å². The molecule has 0 bridgehead atoms. The smallest absolute Gasteiger partial charge is 0.101 e. The topological polar surface area (TPSA) is 41.6 Å². The standard InChI is InChI=1S/C36H23N3/c37-22-25-19-31(24-38-23-25)28-13-11-27(12-14-28)30-16-18-36-34(21-30)33-20-29(26-7-3-1-4-8-26)15-17-35(33)39(36)32-9-5-2-6-10-32/h1-21,23-24H. The van der Waals surface area contributed by atoms with Gasteiger partial charge in [-0.2, -0.15) is 5.26 Å². The van der Waals surface area contributed by atoms with Crippen LogP contribution in [0.4, 0.5) is 0 Å². The van der Waals surface area contributed by atoms with Crippen LogP contribution in [0, 0.1) is 11.3 Å². The first-order chi connectivity index (χ1) is 19.3. The minimum Gasteiger partial charge on any atom is -0.309 e. The molecule has 0 saturated carbocycles. The molecule has 0 fully saturated rings. The van der Waals surface area contributed by atoms with Gasteiger partial charge in [0.15, 0.2) is 0 Å². The number of pyridine rings is 1. The number of rotatable bonds is 4. The van der Waals surface area contributed by atoms with Crippen LogP contribution in [0.5, 0.6) is 0 Å². The molecular weight excluding hydrogens is 474 g/mol. The highest BCUT2D eigenvalue weighted by Gasteiger charge is 2.14. The lowest BCUT2D eigenvalue weighted by Crippen LogP contribution is -1.93. The van der Waals surface area contributed by atoms with E-state index in [4.69, 9.17) is 0 Å². The number of hydrogen-bond acceptors (Lipinski definition) is 2. The summed E-state index contributed by atoms with van der Waals surface area (Å²) < 4.78 is 2.35. The van der Waals surface area contributed by atoms with Crippen molar-refractivity contribution in [3.63, 3.8) is 0 Å². The Kier molecular flexibility index (Phi) is 5.50. The molecule has 0 aliphatic rings. The van der Waals surface area contributed by atoms with Crippen molar-refractivity contribution in [3.8, 4) is 45.1 Å². The Hall–Kier alpha value is -5.46. The zero-order valence-electron chi connectivity index (χ0n) is 21.1. The van der Waals surface area contributed by atoms with Gasteiger partial charge in [0.25, 0.3) is 0 Å². The van der Waals surface area contributed by atoms with Crippen LogP contribution in [0.1, 0.15) is 5.56 Å². The average molecular weight is 498 g/mol. The van der Waals surface area contributed by atoms with E-state index >= 15 is 0 Å². The first-order valence-electron chi connectivity index (χ1n) is 12.9. The third kappa shape index (κ3) is 4.05. The van der Waals surface area contributed by atoms with Gasteiger partial charge in [0.2, 0.25) is 0 Å². The quantitative estimate of drug-likeness (QED) is 0.243. The molecule has 0 atom stereocenters. The van der Waals surface area contributed by atoms with Crippen molar-refractivity contribution in [2.75, 3.05) is 0 Å². The summed E-state index contributed by atoms with van der Waals surface area (Å²) in [6.07, 6.45) is 3.38. The van der Waals surface area contributed by atoms with Gasteiger partial charge in [-0.15, -0.1) is 0 Å². The van der Waals surface area contributed by atoms with Crippen molar-refractivity contribution in [3.05, 3.63) is 145 Å². The molecule has 0 N–H and O–H groups in total. The van der Waals surface area contributed by atoms with E-state index in [0.717, 1.165) is 27.9 Å². The van der Waals surface area contributed by atoms with E-state index in [1.165, 1.54) is 32.9 Å². The predicted molar refractivity (Wildman–Crippen MR) is 160 cm³/mol. The largest absolute Gasteiger partial charge is 0.309 e. The van der Waals surface area contributed by atoms with Crippen LogP contribution in [0.2, 0.25) is 0 Å². The van der Waals surface area contributed by atoms with Crippen LogP contribution in [-0.2, 0) is 0 Å². The van der Waals surface area contributed by atoms with Crippen LogP contribution in [0.3, 0.4) is 0 Å². The van der Waals surface area contributed by atoms with Gasteiger partial charge in [-0.1, -0.05) is 84.9 Å². The fraction of sp³-hybridized carbons (Fsp3) is 0. The summed E-state index contributed by atoms with van der Waals surface area (Å²) in [6.45, 7) is 0. The Morgan fingerprint density at radius 1 is 0.487 bits per heavy atom. The van der Waals surface area contributed by atoms with E-state index in [0.29, 0.717) is 5.56 Å². The van der Waals surface area contributed by atoms with Crippen molar-refractivity contribution < 1.29 is 0 Å². The molecule has 0 aliphatic carbocycles. The van der Waals surface area contributed by atoms with E-state index in [-0.39, 0.29) is 0 Å². The Morgan fingerprint density at radius 2 is 1.00 bits per heavy atom. The molecule has 7 rings (SSSR count). The van der Waals surface area contributed by atoms with Crippen LogP contribution in [0.25, 0.3) is 60.9 Å². The third-order valence-corrected chi connectivity index (χ3v) is 7.31. The minimum absolute atomic E-state index is 0.562. The highest BCUT2D eigenvalue weighted by molar-refractivity contribution is 6.11. The van der Waals surface area contributed by atoms with Crippen molar-refractivity contribution >= 4 is 21.8 Å². The third-order valence-electron chi connectivity index (χ3n) is 7.31. The van der Waals surface area contributed by atoms with Crippen molar-refractivity contribution in [1.29, 1.82) is 5.26 Å². The molecule has 2 heterocycles. The first-order valence-corrected chi connectivity index (χ1v) is 12.9. The zero-order valence-corrected chi connectivity index (χ0v) is 21.1. The summed E-state index contributed by atoms with van der Waals surface area (Å²) >= 11 is 0. The number of nitriles is 1. The molecule has 0 amide bonds. The second-order valence-corrected chi connectivity index (χ2v) is 9.65. The molecule has 0 aliphatic heterocycles. The van der Waals surface area contributed by atoms with Crippen LogP contribution < -0.4 is 0 Å². The van der Waals surface area contributed by atoms with Gasteiger partial charge in [-0.25, -0.2) is 0 Å². The predicted octanol–water partition coefficient (Wildman–Crippen LogP) is 9.05. The van der Waals surface area contributed by atoms with Gasteiger partial charge < -0.3 is 4.57 Å². The lowest BCUT2D eigenvalue weighted by atomic mass is 9.98. The van der Waals surface area contributed by atoms with E-state index in [9.17, 15) is 5.26 Å². The maximum absolute atomic E-state index is 9.23. The van der Waals surface area contributed by atoms with Crippen molar-refractivity contribution in [2.45, 2.75) is 0 Å². The van der Waals surface area contributed by atoms with Crippen molar-refractivity contribution in [2.24, 2.45) is 0 Å². The summed E-state index contributed by atoms with van der Waals surface area (Å²) in [5.41, 5.74) is 10.8. The molecular formula is C36H23N3. The van der Waals surface area contributed by atoms with Crippen LogP contribution in [-0.4, -0.2) is 9.55 Å². The second-order valence-electron chi connectivity index (χ2n) is 9.65. The average Bonchev–Trinajstić information content (AvgIpc) is 3.35. The lowest BCUT2D eigenvalue weighted by molar-refractivity contribution is 1.18.